The summed E-state index contributed by atoms with van der Waals surface area (Å²) in [6.45, 7) is 2.45. The van der Waals surface area contributed by atoms with Crippen LogP contribution >= 0.6 is 0 Å². The molecule has 2 rings (SSSR count). The molecule has 2 N–H and O–H groups in total. The summed E-state index contributed by atoms with van der Waals surface area (Å²) in [4.78, 5) is 25.9. The Morgan fingerprint density at radius 3 is 2.85 bits per heavy atom. The number of aromatic amines is 1. The van der Waals surface area contributed by atoms with Crippen LogP contribution in [0.3, 0.4) is 0 Å². The number of H-pyrrole nitrogens is 1. The quantitative estimate of drug-likeness (QED) is 0.846. The number of benzene rings is 1. The molecule has 20 heavy (non-hydrogen) atoms. The van der Waals surface area contributed by atoms with Gasteiger partial charge in [0.25, 0.3) is 0 Å². The van der Waals surface area contributed by atoms with Gasteiger partial charge in [0.1, 0.15) is 0 Å². The number of ether oxygens (including phenoxy) is 1. The molecule has 0 bridgehead atoms. The first-order chi connectivity index (χ1) is 9.58. The van der Waals surface area contributed by atoms with Gasteiger partial charge in [-0.05, 0) is 24.6 Å². The van der Waals surface area contributed by atoms with Crippen LogP contribution in [0.5, 0.6) is 0 Å². The number of hydrogen-bond donors (Lipinski definition) is 2. The highest BCUT2D eigenvalue weighted by Gasteiger charge is 2.17. The van der Waals surface area contributed by atoms with Crippen molar-refractivity contribution >= 4 is 17.0 Å². The molecule has 0 fully saturated rings. The highest BCUT2D eigenvalue weighted by Crippen LogP contribution is 2.20. The molecule has 6 nitrogen and oxygen atoms in total. The number of fused-ring (bicyclic) bond motifs is 1. The molecule has 0 radical (unpaired) electrons. The van der Waals surface area contributed by atoms with Gasteiger partial charge in [-0.2, -0.15) is 0 Å². The van der Waals surface area contributed by atoms with Gasteiger partial charge in [0.05, 0.1) is 29.2 Å². The van der Waals surface area contributed by atoms with Crippen LogP contribution in [0, 0.1) is 0 Å². The Balaban J connectivity index is 2.60. The lowest BCUT2D eigenvalue weighted by atomic mass is 10.1. The van der Waals surface area contributed by atoms with Crippen molar-refractivity contribution in [3.8, 4) is 0 Å². The summed E-state index contributed by atoms with van der Waals surface area (Å²) in [6.07, 6.45) is 1.70. The van der Waals surface area contributed by atoms with E-state index in [-0.39, 0.29) is 17.3 Å². The van der Waals surface area contributed by atoms with Crippen LogP contribution in [0.2, 0.25) is 0 Å². The van der Waals surface area contributed by atoms with Crippen molar-refractivity contribution in [3.05, 3.63) is 34.2 Å². The fourth-order valence-corrected chi connectivity index (χ4v) is 2.43. The van der Waals surface area contributed by atoms with Crippen molar-refractivity contribution in [2.45, 2.75) is 25.8 Å². The Hall–Kier alpha value is -2.08. The third-order valence-electron chi connectivity index (χ3n) is 3.31. The Bertz CT molecular complexity index is 665. The number of imidazole rings is 1. The summed E-state index contributed by atoms with van der Waals surface area (Å²) in [6, 6.07) is 4.52. The maximum atomic E-state index is 12.1. The van der Waals surface area contributed by atoms with Crippen LogP contribution in [0.1, 0.15) is 36.2 Å². The molecule has 1 aromatic carbocycles. The highest BCUT2D eigenvalue weighted by molar-refractivity contribution is 5.92. The first-order valence-electron chi connectivity index (χ1n) is 6.55. The molecule has 6 heteroatoms. The normalized spacial score (nSPS) is 12.7. The summed E-state index contributed by atoms with van der Waals surface area (Å²) in [7, 11) is 1.59. The minimum absolute atomic E-state index is 0.102. The number of carboxylic acid groups (broad SMARTS) is 1. The van der Waals surface area contributed by atoms with E-state index >= 15 is 0 Å². The number of hydrogen-bond acceptors (Lipinski definition) is 3. The van der Waals surface area contributed by atoms with Crippen molar-refractivity contribution in [1.29, 1.82) is 0 Å². The number of aromatic nitrogens is 2. The molecule has 1 unspecified atom stereocenters. The van der Waals surface area contributed by atoms with Crippen molar-refractivity contribution in [3.63, 3.8) is 0 Å². The van der Waals surface area contributed by atoms with Gasteiger partial charge in [0.15, 0.2) is 0 Å². The molecule has 108 valence electrons. The minimum atomic E-state index is -1.01. The van der Waals surface area contributed by atoms with Crippen LogP contribution in [-0.2, 0) is 4.74 Å². The topological polar surface area (TPSA) is 84.3 Å². The number of rotatable bonds is 6. The van der Waals surface area contributed by atoms with E-state index in [1.165, 1.54) is 12.1 Å². The minimum Gasteiger partial charge on any atom is -0.478 e. The van der Waals surface area contributed by atoms with Crippen molar-refractivity contribution in [2.24, 2.45) is 0 Å². The Labute approximate surface area is 116 Å². The average molecular weight is 278 g/mol. The fraction of sp³-hybridized carbons (Fsp3) is 0.429. The predicted molar refractivity (Wildman–Crippen MR) is 75.3 cm³/mol. The number of nitrogens with zero attached hydrogens (tertiary/aromatic N) is 1. The van der Waals surface area contributed by atoms with Crippen LogP contribution in [0.15, 0.2) is 23.0 Å². The zero-order chi connectivity index (χ0) is 14.7. The molecule has 0 amide bonds. The molecule has 0 saturated carbocycles. The Morgan fingerprint density at radius 2 is 2.25 bits per heavy atom. The van der Waals surface area contributed by atoms with E-state index in [9.17, 15) is 9.59 Å². The molecule has 1 aromatic heterocycles. The first-order valence-corrected chi connectivity index (χ1v) is 6.55. The first kappa shape index (κ1) is 14.3. The summed E-state index contributed by atoms with van der Waals surface area (Å²) in [5, 5.41) is 9.07. The van der Waals surface area contributed by atoms with E-state index in [1.54, 1.807) is 17.7 Å². The Kier molecular flexibility index (Phi) is 4.24. The zero-order valence-corrected chi connectivity index (χ0v) is 11.5. The van der Waals surface area contributed by atoms with E-state index in [0.717, 1.165) is 12.8 Å². The molecular formula is C14H18N2O4. The lowest BCUT2D eigenvalue weighted by Gasteiger charge is -2.17. The molecule has 2 aromatic rings. The van der Waals surface area contributed by atoms with Gasteiger partial charge in [-0.3, -0.25) is 4.57 Å². The standard InChI is InChI=1S/C14H18N2O4/c1-3-4-10(8-20-2)16-12-7-9(13(17)18)5-6-11(12)15-14(16)19/h5-7,10H,3-4,8H2,1-2H3,(H,15,19)(H,17,18). The van der Waals surface area contributed by atoms with E-state index in [0.29, 0.717) is 17.6 Å². The van der Waals surface area contributed by atoms with Gasteiger partial charge in [0.2, 0.25) is 0 Å². The second-order valence-electron chi connectivity index (χ2n) is 4.74. The second kappa shape index (κ2) is 5.92. The molecule has 0 spiro atoms. The van der Waals surface area contributed by atoms with Gasteiger partial charge < -0.3 is 14.8 Å². The third kappa shape index (κ3) is 2.60. The van der Waals surface area contributed by atoms with Gasteiger partial charge in [-0.15, -0.1) is 0 Å². The van der Waals surface area contributed by atoms with Crippen molar-refractivity contribution < 1.29 is 14.6 Å². The smallest absolute Gasteiger partial charge is 0.335 e. The molecule has 0 aliphatic rings. The molecular weight excluding hydrogens is 260 g/mol. The van der Waals surface area contributed by atoms with Crippen molar-refractivity contribution in [1.82, 2.24) is 9.55 Å². The SMILES string of the molecule is CCCC(COC)n1c(=O)[nH]c2ccc(C(=O)O)cc21. The number of carboxylic acids is 1. The Morgan fingerprint density at radius 1 is 1.50 bits per heavy atom. The van der Waals surface area contributed by atoms with Crippen LogP contribution < -0.4 is 5.69 Å². The highest BCUT2D eigenvalue weighted by atomic mass is 16.5. The van der Waals surface area contributed by atoms with Gasteiger partial charge >= 0.3 is 11.7 Å². The molecule has 1 atom stereocenters. The number of nitrogens with one attached hydrogen (secondary N) is 1. The lowest BCUT2D eigenvalue weighted by Crippen LogP contribution is -2.25. The summed E-state index contributed by atoms with van der Waals surface area (Å²) in [5.74, 6) is -1.01. The van der Waals surface area contributed by atoms with E-state index in [4.69, 9.17) is 9.84 Å². The van der Waals surface area contributed by atoms with Gasteiger partial charge in [0, 0.05) is 7.11 Å². The molecule has 0 saturated heterocycles. The second-order valence-corrected chi connectivity index (χ2v) is 4.74. The largest absolute Gasteiger partial charge is 0.478 e. The summed E-state index contributed by atoms with van der Waals surface area (Å²) >= 11 is 0. The van der Waals surface area contributed by atoms with E-state index in [1.807, 2.05) is 6.92 Å². The summed E-state index contributed by atoms with van der Waals surface area (Å²) in [5.41, 5.74) is 1.17. The van der Waals surface area contributed by atoms with E-state index in [2.05, 4.69) is 4.98 Å². The molecule has 0 aliphatic carbocycles. The maximum Gasteiger partial charge on any atom is 0.335 e. The average Bonchev–Trinajstić information content (AvgIpc) is 2.73. The summed E-state index contributed by atoms with van der Waals surface area (Å²) < 4.78 is 6.76. The lowest BCUT2D eigenvalue weighted by molar-refractivity contribution is 0.0697. The van der Waals surface area contributed by atoms with Gasteiger partial charge in [-0.25, -0.2) is 9.59 Å². The van der Waals surface area contributed by atoms with Crippen molar-refractivity contribution in [2.75, 3.05) is 13.7 Å². The maximum absolute atomic E-state index is 12.1. The van der Waals surface area contributed by atoms with Crippen LogP contribution in [0.4, 0.5) is 0 Å². The zero-order valence-electron chi connectivity index (χ0n) is 11.5. The third-order valence-corrected chi connectivity index (χ3v) is 3.31. The predicted octanol–water partition coefficient (Wildman–Crippen LogP) is 2.02. The molecule has 1 heterocycles. The van der Waals surface area contributed by atoms with E-state index < -0.39 is 5.97 Å². The number of methoxy groups -OCH3 is 1. The van der Waals surface area contributed by atoms with Crippen LogP contribution in [0.25, 0.3) is 11.0 Å². The fourth-order valence-electron chi connectivity index (χ4n) is 2.43. The monoisotopic (exact) mass is 278 g/mol. The van der Waals surface area contributed by atoms with Gasteiger partial charge in [-0.1, -0.05) is 13.3 Å². The number of aromatic carboxylic acids is 1. The number of carbonyl (C=O) groups is 1. The molecule has 0 aliphatic heterocycles. The van der Waals surface area contributed by atoms with Crippen LogP contribution in [-0.4, -0.2) is 34.3 Å².